The number of aryl methyl sites for hydroxylation is 1. The van der Waals surface area contributed by atoms with E-state index < -0.39 is 0 Å². The van der Waals surface area contributed by atoms with E-state index in [-0.39, 0.29) is 0 Å². The molecule has 0 aliphatic heterocycles. The summed E-state index contributed by atoms with van der Waals surface area (Å²) in [5.41, 5.74) is 4.18. The van der Waals surface area contributed by atoms with Gasteiger partial charge in [0.2, 0.25) is 5.95 Å². The van der Waals surface area contributed by atoms with Crippen LogP contribution in [-0.4, -0.2) is 27.2 Å². The smallest absolute Gasteiger partial charge is 0.226 e. The largest absolute Gasteiger partial charge is 0.357 e. The van der Waals surface area contributed by atoms with Crippen LogP contribution in [0.5, 0.6) is 0 Å². The van der Waals surface area contributed by atoms with Crippen molar-refractivity contribution in [3.8, 4) is 0 Å². The van der Waals surface area contributed by atoms with Gasteiger partial charge in [-0.05, 0) is 31.0 Å². The Morgan fingerprint density at radius 1 is 1.15 bits per heavy atom. The monoisotopic (exact) mass is 268 g/mol. The molecule has 2 heterocycles. The van der Waals surface area contributed by atoms with E-state index in [9.17, 15) is 0 Å². The Morgan fingerprint density at radius 3 is 2.80 bits per heavy atom. The molecule has 1 aromatic carbocycles. The van der Waals surface area contributed by atoms with Crippen molar-refractivity contribution in [2.24, 2.45) is 0 Å². The Balaban J connectivity index is 2.10. The summed E-state index contributed by atoms with van der Waals surface area (Å²) in [5, 5.41) is 14.1. The summed E-state index contributed by atoms with van der Waals surface area (Å²) in [7, 11) is 1.79. The Labute approximate surface area is 116 Å². The topological polar surface area (TPSA) is 78.5 Å². The summed E-state index contributed by atoms with van der Waals surface area (Å²) in [6.45, 7) is 4.18. The molecule has 20 heavy (non-hydrogen) atoms. The number of benzene rings is 1. The van der Waals surface area contributed by atoms with E-state index in [1.807, 2.05) is 12.1 Å². The molecule has 0 fully saturated rings. The Bertz CT molecular complexity index is 761. The molecule has 6 heteroatoms. The van der Waals surface area contributed by atoms with Gasteiger partial charge in [-0.1, -0.05) is 12.1 Å². The molecule has 0 aliphatic carbocycles. The van der Waals surface area contributed by atoms with Crippen molar-refractivity contribution in [1.82, 2.24) is 20.2 Å². The fourth-order valence-corrected chi connectivity index (χ4v) is 2.06. The zero-order chi connectivity index (χ0) is 14.1. The highest BCUT2D eigenvalue weighted by atomic mass is 15.2. The van der Waals surface area contributed by atoms with Gasteiger partial charge in [-0.2, -0.15) is 15.1 Å². The molecule has 0 bridgehead atoms. The van der Waals surface area contributed by atoms with Crippen molar-refractivity contribution in [2.45, 2.75) is 13.8 Å². The van der Waals surface area contributed by atoms with E-state index in [4.69, 9.17) is 0 Å². The fraction of sp³-hybridized carbons (Fsp3) is 0.214. The van der Waals surface area contributed by atoms with Gasteiger partial charge >= 0.3 is 0 Å². The molecule has 6 nitrogen and oxygen atoms in total. The molecule has 0 saturated heterocycles. The first-order chi connectivity index (χ1) is 9.69. The second-order valence-electron chi connectivity index (χ2n) is 4.65. The van der Waals surface area contributed by atoms with Crippen LogP contribution in [0.25, 0.3) is 11.0 Å². The zero-order valence-electron chi connectivity index (χ0n) is 11.7. The van der Waals surface area contributed by atoms with E-state index in [0.717, 1.165) is 16.9 Å². The van der Waals surface area contributed by atoms with Gasteiger partial charge in [-0.25, -0.2) is 0 Å². The van der Waals surface area contributed by atoms with Crippen molar-refractivity contribution in [2.75, 3.05) is 17.7 Å². The van der Waals surface area contributed by atoms with Crippen molar-refractivity contribution in [3.05, 3.63) is 35.5 Å². The lowest BCUT2D eigenvalue weighted by atomic mass is 10.1. The molecule has 0 spiro atoms. The minimum absolute atomic E-state index is 0.551. The van der Waals surface area contributed by atoms with E-state index in [1.165, 1.54) is 11.1 Å². The second-order valence-corrected chi connectivity index (χ2v) is 4.65. The van der Waals surface area contributed by atoms with Crippen LogP contribution in [0.2, 0.25) is 0 Å². The number of H-pyrrole nitrogens is 1. The molecule has 0 aliphatic rings. The van der Waals surface area contributed by atoms with Crippen molar-refractivity contribution in [1.29, 1.82) is 0 Å². The number of nitrogens with zero attached hydrogens (tertiary/aromatic N) is 3. The van der Waals surface area contributed by atoms with E-state index in [2.05, 4.69) is 50.7 Å². The minimum Gasteiger partial charge on any atom is -0.357 e. The average Bonchev–Trinajstić information content (AvgIpc) is 2.92. The number of hydrogen-bond donors (Lipinski definition) is 3. The predicted octanol–water partition coefficient (Wildman–Crippen LogP) is 2.76. The van der Waals surface area contributed by atoms with Crippen molar-refractivity contribution >= 4 is 28.5 Å². The molecule has 0 atom stereocenters. The fourth-order valence-electron chi connectivity index (χ4n) is 2.06. The number of nitrogens with one attached hydrogen (secondary N) is 3. The summed E-state index contributed by atoms with van der Waals surface area (Å²) in [5.74, 6) is 1.29. The maximum Gasteiger partial charge on any atom is 0.226 e. The maximum absolute atomic E-state index is 4.46. The van der Waals surface area contributed by atoms with Gasteiger partial charge in [-0.3, -0.25) is 5.10 Å². The molecular weight excluding hydrogens is 252 g/mol. The highest BCUT2D eigenvalue weighted by Crippen LogP contribution is 2.26. The van der Waals surface area contributed by atoms with E-state index >= 15 is 0 Å². The number of hydrogen-bond acceptors (Lipinski definition) is 5. The molecule has 3 aromatic rings. The minimum atomic E-state index is 0.551. The van der Waals surface area contributed by atoms with Crippen LogP contribution >= 0.6 is 0 Å². The lowest BCUT2D eigenvalue weighted by molar-refractivity contribution is 1.09. The summed E-state index contributed by atoms with van der Waals surface area (Å²) in [4.78, 5) is 8.78. The van der Waals surface area contributed by atoms with Crippen LogP contribution in [0.15, 0.2) is 24.4 Å². The van der Waals surface area contributed by atoms with Gasteiger partial charge in [0.1, 0.15) is 5.82 Å². The molecule has 2 aromatic heterocycles. The first kappa shape index (κ1) is 12.4. The first-order valence-corrected chi connectivity index (χ1v) is 6.41. The van der Waals surface area contributed by atoms with Crippen LogP contribution in [0.1, 0.15) is 11.1 Å². The third kappa shape index (κ3) is 2.05. The van der Waals surface area contributed by atoms with E-state index in [1.54, 1.807) is 13.2 Å². The van der Waals surface area contributed by atoms with Crippen molar-refractivity contribution < 1.29 is 0 Å². The number of fused-ring (bicyclic) bond motifs is 1. The summed E-state index contributed by atoms with van der Waals surface area (Å²) in [6, 6.07) is 6.15. The van der Waals surface area contributed by atoms with Gasteiger partial charge in [0, 0.05) is 12.7 Å². The zero-order valence-corrected chi connectivity index (χ0v) is 11.7. The van der Waals surface area contributed by atoms with Gasteiger partial charge in [0.15, 0.2) is 5.65 Å². The number of anilines is 3. The van der Waals surface area contributed by atoms with Crippen LogP contribution in [0.4, 0.5) is 17.5 Å². The lowest BCUT2D eigenvalue weighted by Gasteiger charge is -2.12. The first-order valence-electron chi connectivity index (χ1n) is 6.41. The van der Waals surface area contributed by atoms with Crippen molar-refractivity contribution in [3.63, 3.8) is 0 Å². The summed E-state index contributed by atoms with van der Waals surface area (Å²) >= 11 is 0. The van der Waals surface area contributed by atoms with Gasteiger partial charge in [0.05, 0.1) is 11.6 Å². The standard InChI is InChI=1S/C14H16N6/c1-8-5-4-6-11(9(8)2)17-12-10-7-16-20-13(10)19-14(15-3)18-12/h4-7H,1-3H3,(H3,15,16,17,18,19,20). The van der Waals surface area contributed by atoms with Gasteiger partial charge in [-0.15, -0.1) is 0 Å². The second kappa shape index (κ2) is 4.80. The Morgan fingerprint density at radius 2 is 2.00 bits per heavy atom. The van der Waals surface area contributed by atoms with Crippen LogP contribution in [0, 0.1) is 13.8 Å². The summed E-state index contributed by atoms with van der Waals surface area (Å²) in [6.07, 6.45) is 1.72. The molecule has 102 valence electrons. The predicted molar refractivity (Wildman–Crippen MR) is 80.4 cm³/mol. The molecule has 0 amide bonds. The molecular formula is C14H16N6. The number of aromatic amines is 1. The van der Waals surface area contributed by atoms with Crippen LogP contribution in [-0.2, 0) is 0 Å². The molecule has 0 radical (unpaired) electrons. The third-order valence-electron chi connectivity index (χ3n) is 3.39. The lowest BCUT2D eigenvalue weighted by Crippen LogP contribution is -2.02. The molecule has 0 unspecified atom stereocenters. The van der Waals surface area contributed by atoms with Gasteiger partial charge in [0.25, 0.3) is 0 Å². The summed E-state index contributed by atoms with van der Waals surface area (Å²) < 4.78 is 0. The number of rotatable bonds is 3. The molecule has 3 rings (SSSR count). The highest BCUT2D eigenvalue weighted by molar-refractivity contribution is 5.89. The molecule has 3 N–H and O–H groups in total. The molecule has 0 saturated carbocycles. The Kier molecular flexibility index (Phi) is 2.98. The van der Waals surface area contributed by atoms with E-state index in [0.29, 0.717) is 11.6 Å². The quantitative estimate of drug-likeness (QED) is 0.680. The number of aromatic nitrogens is 4. The SMILES string of the molecule is CNc1nc(Nc2cccc(C)c2C)c2cn[nH]c2n1. The Hall–Kier alpha value is -2.63. The normalized spacial score (nSPS) is 10.8. The highest BCUT2D eigenvalue weighted by Gasteiger charge is 2.10. The van der Waals surface area contributed by atoms with Crippen LogP contribution in [0.3, 0.4) is 0 Å². The maximum atomic E-state index is 4.46. The van der Waals surface area contributed by atoms with Crippen LogP contribution < -0.4 is 10.6 Å². The van der Waals surface area contributed by atoms with Gasteiger partial charge < -0.3 is 10.6 Å². The average molecular weight is 268 g/mol. The third-order valence-corrected chi connectivity index (χ3v) is 3.39.